The lowest BCUT2D eigenvalue weighted by Crippen LogP contribution is -2.57. The van der Waals surface area contributed by atoms with E-state index < -0.39 is 18.3 Å². The van der Waals surface area contributed by atoms with Gasteiger partial charge < -0.3 is 20.1 Å². The van der Waals surface area contributed by atoms with Gasteiger partial charge in [-0.15, -0.1) is 0 Å². The maximum atomic E-state index is 11.1. The number of hydrogen-bond acceptors (Lipinski definition) is 4. The Hall–Kier alpha value is -0.420. The van der Waals surface area contributed by atoms with Gasteiger partial charge in [0.1, 0.15) is 6.10 Å². The van der Waals surface area contributed by atoms with E-state index in [1.54, 1.807) is 11.1 Å². The van der Waals surface area contributed by atoms with Crippen LogP contribution >= 0.6 is 0 Å². The highest BCUT2D eigenvalue weighted by Crippen LogP contribution is 2.74. The summed E-state index contributed by atoms with van der Waals surface area (Å²) in [5.74, 6) is 0.990. The monoisotopic (exact) mass is 446 g/mol. The second kappa shape index (κ2) is 7.29. The summed E-state index contributed by atoms with van der Waals surface area (Å²) < 4.78 is 6.81. The average Bonchev–Trinajstić information content (AvgIpc) is 3.17. The van der Waals surface area contributed by atoms with Crippen LogP contribution in [0.1, 0.15) is 99.3 Å². The third-order valence-corrected chi connectivity index (χ3v) is 12.2. The molecule has 32 heavy (non-hydrogen) atoms. The lowest BCUT2D eigenvalue weighted by molar-refractivity contribution is -0.169. The maximum Gasteiger partial charge on any atom is 0.110 e. The molecule has 4 nitrogen and oxygen atoms in total. The zero-order chi connectivity index (χ0) is 23.3. The Balaban J connectivity index is 1.56. The van der Waals surface area contributed by atoms with E-state index >= 15 is 0 Å². The first kappa shape index (κ1) is 23.3. The van der Waals surface area contributed by atoms with Gasteiger partial charge >= 0.3 is 0 Å². The molecule has 4 heteroatoms. The fraction of sp³-hybridized carbons (Fsp3) is 0.929. The third kappa shape index (κ3) is 2.59. The Kier molecular flexibility index (Phi) is 5.31. The fourth-order valence-electron chi connectivity index (χ4n) is 9.78. The van der Waals surface area contributed by atoms with Gasteiger partial charge in [-0.25, -0.2) is 0 Å². The Morgan fingerprint density at radius 2 is 1.69 bits per heavy atom. The number of allylic oxidation sites excluding steroid dienone is 2. The summed E-state index contributed by atoms with van der Waals surface area (Å²) in [6.45, 7) is 13.8. The minimum atomic E-state index is -0.606. The van der Waals surface area contributed by atoms with E-state index in [-0.39, 0.29) is 33.9 Å². The summed E-state index contributed by atoms with van der Waals surface area (Å²) in [6, 6.07) is 0. The van der Waals surface area contributed by atoms with Crippen molar-refractivity contribution in [2.75, 3.05) is 0 Å². The number of fused-ring (bicyclic) bond motifs is 5. The van der Waals surface area contributed by atoms with Crippen LogP contribution in [0.3, 0.4) is 0 Å². The average molecular weight is 447 g/mol. The molecule has 0 aromatic heterocycles. The first-order valence-corrected chi connectivity index (χ1v) is 13.4. The highest BCUT2D eigenvalue weighted by molar-refractivity contribution is 5.40. The predicted octanol–water partition coefficient (Wildman–Crippen LogP) is 5.00. The van der Waals surface area contributed by atoms with Crippen molar-refractivity contribution in [3.63, 3.8) is 0 Å². The van der Waals surface area contributed by atoms with Crippen molar-refractivity contribution in [2.45, 2.75) is 129 Å². The van der Waals surface area contributed by atoms with Crippen molar-refractivity contribution in [1.82, 2.24) is 0 Å². The first-order valence-electron chi connectivity index (χ1n) is 13.4. The van der Waals surface area contributed by atoms with Gasteiger partial charge in [-0.3, -0.25) is 0 Å². The topological polar surface area (TPSA) is 69.9 Å². The summed E-state index contributed by atoms with van der Waals surface area (Å²) in [6.07, 6.45) is 7.42. The lowest BCUT2D eigenvalue weighted by atomic mass is 9.45. The van der Waals surface area contributed by atoms with Crippen LogP contribution in [0.5, 0.6) is 0 Å². The van der Waals surface area contributed by atoms with Crippen molar-refractivity contribution in [2.24, 2.45) is 34.0 Å². The number of ether oxygens (including phenoxy) is 1. The van der Waals surface area contributed by atoms with Gasteiger partial charge in [-0.2, -0.15) is 0 Å². The molecule has 1 aliphatic heterocycles. The van der Waals surface area contributed by atoms with Crippen LogP contribution < -0.4 is 0 Å². The molecule has 0 amide bonds. The van der Waals surface area contributed by atoms with Crippen LogP contribution in [0.4, 0.5) is 0 Å². The van der Waals surface area contributed by atoms with Crippen LogP contribution in [0.2, 0.25) is 0 Å². The minimum Gasteiger partial charge on any atom is -0.393 e. The van der Waals surface area contributed by atoms with Gasteiger partial charge in [0, 0.05) is 11.3 Å². The molecule has 0 bridgehead atoms. The summed E-state index contributed by atoms with van der Waals surface area (Å²) >= 11 is 0. The molecule has 1 heterocycles. The van der Waals surface area contributed by atoms with Gasteiger partial charge in [0.2, 0.25) is 0 Å². The molecule has 0 radical (unpaired) electrons. The molecule has 0 aromatic carbocycles. The standard InChI is InChI=1S/C28H46O4/c1-7-21(29)24-23(31)17(3)28(32-24)15-14-26(5)20-9-8-18-16(2)22(30)11-12-25(18,4)19(20)10-13-27(26,28)6/h16-18,21-24,29-31H,7-15H2,1-6H3/t16-,17-,18+,21?,22+,23-,24+,25+,26+,27+,28+/m1/s1. The molecule has 1 spiro atoms. The van der Waals surface area contributed by atoms with Gasteiger partial charge in [0.15, 0.2) is 0 Å². The molecule has 11 atom stereocenters. The summed E-state index contributed by atoms with van der Waals surface area (Å²) in [5, 5.41) is 32.3. The van der Waals surface area contributed by atoms with E-state index in [4.69, 9.17) is 4.74 Å². The van der Waals surface area contributed by atoms with E-state index in [1.807, 2.05) is 6.92 Å². The Labute approximate surface area is 194 Å². The van der Waals surface area contributed by atoms with Crippen LogP contribution in [0.25, 0.3) is 0 Å². The van der Waals surface area contributed by atoms with Gasteiger partial charge in [0.25, 0.3) is 0 Å². The molecule has 4 aliphatic carbocycles. The molecule has 3 fully saturated rings. The highest BCUT2D eigenvalue weighted by Gasteiger charge is 2.73. The smallest absolute Gasteiger partial charge is 0.110 e. The normalized spacial score (nSPS) is 56.2. The molecule has 2 saturated carbocycles. The van der Waals surface area contributed by atoms with Gasteiger partial charge in [-0.1, -0.05) is 52.7 Å². The van der Waals surface area contributed by atoms with Crippen LogP contribution in [-0.2, 0) is 4.74 Å². The Morgan fingerprint density at radius 3 is 2.38 bits per heavy atom. The van der Waals surface area contributed by atoms with Gasteiger partial charge in [-0.05, 0) is 80.5 Å². The fourth-order valence-corrected chi connectivity index (χ4v) is 9.78. The van der Waals surface area contributed by atoms with Crippen LogP contribution in [0.15, 0.2) is 11.1 Å². The molecule has 1 unspecified atom stereocenters. The summed E-state index contributed by atoms with van der Waals surface area (Å²) in [5.41, 5.74) is 3.29. The number of hydrogen-bond donors (Lipinski definition) is 3. The van der Waals surface area contributed by atoms with Crippen molar-refractivity contribution in [3.05, 3.63) is 11.1 Å². The molecule has 1 saturated heterocycles. The first-order chi connectivity index (χ1) is 15.0. The third-order valence-electron chi connectivity index (χ3n) is 12.2. The predicted molar refractivity (Wildman–Crippen MR) is 126 cm³/mol. The Morgan fingerprint density at radius 1 is 0.969 bits per heavy atom. The van der Waals surface area contributed by atoms with Gasteiger partial charge in [0.05, 0.1) is 23.9 Å². The maximum absolute atomic E-state index is 11.1. The van der Waals surface area contributed by atoms with Crippen molar-refractivity contribution in [1.29, 1.82) is 0 Å². The van der Waals surface area contributed by atoms with Crippen molar-refractivity contribution in [3.8, 4) is 0 Å². The zero-order valence-corrected chi connectivity index (χ0v) is 21.2. The molecule has 5 rings (SSSR count). The number of rotatable bonds is 2. The van der Waals surface area contributed by atoms with E-state index in [0.717, 1.165) is 44.9 Å². The lowest BCUT2D eigenvalue weighted by Gasteiger charge is -2.61. The molecule has 0 aromatic rings. The van der Waals surface area contributed by atoms with Crippen molar-refractivity contribution < 1.29 is 20.1 Å². The molecule has 3 N–H and O–H groups in total. The molecule has 182 valence electrons. The minimum absolute atomic E-state index is 0.0273. The van der Waals surface area contributed by atoms with Crippen molar-refractivity contribution >= 4 is 0 Å². The summed E-state index contributed by atoms with van der Waals surface area (Å²) in [7, 11) is 0. The van der Waals surface area contributed by atoms with E-state index in [9.17, 15) is 15.3 Å². The van der Waals surface area contributed by atoms with E-state index in [1.165, 1.54) is 6.42 Å². The molecular weight excluding hydrogens is 400 g/mol. The highest BCUT2D eigenvalue weighted by atomic mass is 16.5. The zero-order valence-electron chi connectivity index (χ0n) is 21.2. The number of aliphatic hydroxyl groups excluding tert-OH is 3. The summed E-state index contributed by atoms with van der Waals surface area (Å²) in [4.78, 5) is 0. The van der Waals surface area contributed by atoms with Crippen LogP contribution in [0, 0.1) is 34.0 Å². The largest absolute Gasteiger partial charge is 0.393 e. The SMILES string of the molecule is CCC(O)[C@@H]1O[C@@]2(CC[C@@]3(C)C4=C(CC[C@@]32C)[C@@]2(C)CC[C@H](O)[C@H](C)[C@@H]2CC4)[C@H](C)[C@H]1O. The molecular formula is C28H46O4. The van der Waals surface area contributed by atoms with Crippen LogP contribution in [-0.4, -0.2) is 45.3 Å². The quantitative estimate of drug-likeness (QED) is 0.522. The Bertz CT molecular complexity index is 807. The molecule has 5 aliphatic rings. The second-order valence-corrected chi connectivity index (χ2v) is 12.9. The van der Waals surface area contributed by atoms with E-state index in [2.05, 4.69) is 34.6 Å². The number of aliphatic hydroxyl groups is 3. The van der Waals surface area contributed by atoms with E-state index in [0.29, 0.717) is 18.3 Å². The second-order valence-electron chi connectivity index (χ2n) is 12.9.